The Morgan fingerprint density at radius 3 is 2.81 bits per heavy atom. The standard InChI is InChI=1S/C18H17N3O3S2/c1-24-17(23)10-14(15-6-4-8-25-15)21-16(22)9-12-11-26-18(20-12)13-5-2-3-7-19-13/h2-8,11,14H,9-10H2,1H3,(H,21,22). The van der Waals surface area contributed by atoms with E-state index in [1.54, 1.807) is 6.20 Å². The minimum atomic E-state index is -0.399. The van der Waals surface area contributed by atoms with Crippen LogP contribution in [0.15, 0.2) is 47.3 Å². The van der Waals surface area contributed by atoms with Crippen LogP contribution in [0.3, 0.4) is 0 Å². The maximum absolute atomic E-state index is 12.4. The van der Waals surface area contributed by atoms with E-state index in [-0.39, 0.29) is 24.7 Å². The zero-order valence-corrected chi connectivity index (χ0v) is 15.7. The summed E-state index contributed by atoms with van der Waals surface area (Å²) < 4.78 is 4.73. The number of nitrogens with zero attached hydrogens (tertiary/aromatic N) is 2. The molecule has 0 aliphatic carbocycles. The average Bonchev–Trinajstić information content (AvgIpc) is 3.34. The van der Waals surface area contributed by atoms with E-state index in [0.717, 1.165) is 15.6 Å². The number of carbonyl (C=O) groups is 2. The minimum Gasteiger partial charge on any atom is -0.469 e. The molecule has 134 valence electrons. The molecule has 1 atom stereocenters. The number of thiazole rings is 1. The lowest BCUT2D eigenvalue weighted by Gasteiger charge is -2.16. The molecular formula is C18H17N3O3S2. The van der Waals surface area contributed by atoms with Gasteiger partial charge in [0.15, 0.2) is 0 Å². The van der Waals surface area contributed by atoms with Gasteiger partial charge in [-0.2, -0.15) is 0 Å². The van der Waals surface area contributed by atoms with E-state index in [9.17, 15) is 9.59 Å². The highest BCUT2D eigenvalue weighted by molar-refractivity contribution is 7.13. The van der Waals surface area contributed by atoms with Crippen LogP contribution in [0.5, 0.6) is 0 Å². The number of amides is 1. The highest BCUT2D eigenvalue weighted by atomic mass is 32.1. The largest absolute Gasteiger partial charge is 0.469 e. The predicted molar refractivity (Wildman–Crippen MR) is 101 cm³/mol. The smallest absolute Gasteiger partial charge is 0.307 e. The minimum absolute atomic E-state index is 0.0962. The van der Waals surface area contributed by atoms with Crippen LogP contribution >= 0.6 is 22.7 Å². The number of thiophene rings is 1. The van der Waals surface area contributed by atoms with Crippen LogP contribution in [0.1, 0.15) is 23.0 Å². The van der Waals surface area contributed by atoms with Gasteiger partial charge in [-0.1, -0.05) is 12.1 Å². The van der Waals surface area contributed by atoms with Crippen molar-refractivity contribution in [2.45, 2.75) is 18.9 Å². The van der Waals surface area contributed by atoms with Crippen molar-refractivity contribution >= 4 is 34.6 Å². The third kappa shape index (κ3) is 4.74. The van der Waals surface area contributed by atoms with E-state index in [0.29, 0.717) is 5.69 Å². The second-order valence-corrected chi connectivity index (χ2v) is 7.29. The Balaban J connectivity index is 1.65. The predicted octanol–water partition coefficient (Wildman–Crippen LogP) is 3.23. The van der Waals surface area contributed by atoms with Crippen molar-refractivity contribution in [3.05, 3.63) is 57.9 Å². The first-order chi connectivity index (χ1) is 12.7. The van der Waals surface area contributed by atoms with Crippen molar-refractivity contribution in [1.29, 1.82) is 0 Å². The van der Waals surface area contributed by atoms with Crippen LogP contribution < -0.4 is 5.32 Å². The highest BCUT2D eigenvalue weighted by Gasteiger charge is 2.20. The zero-order valence-electron chi connectivity index (χ0n) is 14.0. The highest BCUT2D eigenvalue weighted by Crippen LogP contribution is 2.24. The normalized spacial score (nSPS) is 11.7. The monoisotopic (exact) mass is 387 g/mol. The fraction of sp³-hybridized carbons (Fsp3) is 0.222. The number of aromatic nitrogens is 2. The number of nitrogens with one attached hydrogen (secondary N) is 1. The molecule has 0 aliphatic rings. The lowest BCUT2D eigenvalue weighted by Crippen LogP contribution is -2.31. The van der Waals surface area contributed by atoms with Crippen molar-refractivity contribution in [1.82, 2.24) is 15.3 Å². The van der Waals surface area contributed by atoms with E-state index in [4.69, 9.17) is 4.74 Å². The summed E-state index contributed by atoms with van der Waals surface area (Å²) in [6.07, 6.45) is 1.95. The lowest BCUT2D eigenvalue weighted by atomic mass is 10.1. The molecule has 0 fully saturated rings. The lowest BCUT2D eigenvalue weighted by molar-refractivity contribution is -0.141. The molecule has 3 aromatic rings. The quantitative estimate of drug-likeness (QED) is 0.630. The number of methoxy groups -OCH3 is 1. The number of carbonyl (C=O) groups excluding carboxylic acids is 2. The van der Waals surface area contributed by atoms with Crippen LogP contribution in [0.25, 0.3) is 10.7 Å². The molecule has 8 heteroatoms. The summed E-state index contributed by atoms with van der Waals surface area (Å²) in [4.78, 5) is 33.7. The van der Waals surface area contributed by atoms with Gasteiger partial charge < -0.3 is 10.1 Å². The maximum atomic E-state index is 12.4. The molecule has 3 rings (SSSR count). The van der Waals surface area contributed by atoms with Crippen LogP contribution in [0, 0.1) is 0 Å². The first kappa shape index (κ1) is 18.2. The van der Waals surface area contributed by atoms with Gasteiger partial charge in [-0.05, 0) is 23.6 Å². The van der Waals surface area contributed by atoms with Crippen molar-refractivity contribution in [3.8, 4) is 10.7 Å². The van der Waals surface area contributed by atoms with Crippen LogP contribution in [0.4, 0.5) is 0 Å². The van der Waals surface area contributed by atoms with Gasteiger partial charge in [-0.3, -0.25) is 14.6 Å². The average molecular weight is 387 g/mol. The first-order valence-corrected chi connectivity index (χ1v) is 9.67. The van der Waals surface area contributed by atoms with Gasteiger partial charge in [0.05, 0.1) is 37.4 Å². The summed E-state index contributed by atoms with van der Waals surface area (Å²) >= 11 is 2.94. The van der Waals surface area contributed by atoms with Crippen molar-refractivity contribution in [2.24, 2.45) is 0 Å². The fourth-order valence-electron chi connectivity index (χ4n) is 2.37. The van der Waals surface area contributed by atoms with E-state index in [1.165, 1.54) is 29.8 Å². The van der Waals surface area contributed by atoms with E-state index in [2.05, 4.69) is 15.3 Å². The summed E-state index contributed by atoms with van der Waals surface area (Å²) in [5, 5.41) is 7.44. The molecule has 1 amide bonds. The molecule has 26 heavy (non-hydrogen) atoms. The Kier molecular flexibility index (Phi) is 6.08. The topological polar surface area (TPSA) is 81.2 Å². The van der Waals surface area contributed by atoms with Crippen molar-refractivity contribution < 1.29 is 14.3 Å². The molecule has 0 radical (unpaired) electrons. The summed E-state index contributed by atoms with van der Waals surface area (Å²) in [5.74, 6) is -0.556. The van der Waals surface area contributed by atoms with Gasteiger partial charge in [0.25, 0.3) is 0 Å². The van der Waals surface area contributed by atoms with Gasteiger partial charge >= 0.3 is 5.97 Å². The number of esters is 1. The van der Waals surface area contributed by atoms with E-state index < -0.39 is 6.04 Å². The fourth-order valence-corrected chi connectivity index (χ4v) is 3.94. The molecule has 1 N–H and O–H groups in total. The number of pyridine rings is 1. The SMILES string of the molecule is COC(=O)CC(NC(=O)Cc1csc(-c2ccccn2)n1)c1cccs1. The number of ether oxygens (including phenoxy) is 1. The summed E-state index contributed by atoms with van der Waals surface area (Å²) in [7, 11) is 1.34. The van der Waals surface area contributed by atoms with Gasteiger partial charge in [0.2, 0.25) is 5.91 Å². The second kappa shape index (κ2) is 8.68. The molecule has 3 aromatic heterocycles. The molecule has 6 nitrogen and oxygen atoms in total. The van der Waals surface area contributed by atoms with Gasteiger partial charge in [0.1, 0.15) is 5.01 Å². The summed E-state index contributed by atoms with van der Waals surface area (Å²) in [6, 6.07) is 9.00. The zero-order chi connectivity index (χ0) is 18.4. The number of hydrogen-bond acceptors (Lipinski definition) is 7. The van der Waals surface area contributed by atoms with Crippen LogP contribution in [0.2, 0.25) is 0 Å². The Labute approximate surface area is 158 Å². The van der Waals surface area contributed by atoms with E-state index >= 15 is 0 Å². The summed E-state index contributed by atoms with van der Waals surface area (Å²) in [6.45, 7) is 0. The third-order valence-electron chi connectivity index (χ3n) is 3.60. The Morgan fingerprint density at radius 2 is 2.12 bits per heavy atom. The van der Waals surface area contributed by atoms with Gasteiger partial charge in [-0.25, -0.2) is 4.98 Å². The second-order valence-electron chi connectivity index (χ2n) is 5.45. The van der Waals surface area contributed by atoms with Crippen LogP contribution in [-0.2, 0) is 20.7 Å². The van der Waals surface area contributed by atoms with Crippen LogP contribution in [-0.4, -0.2) is 29.0 Å². The molecule has 0 spiro atoms. The van der Waals surface area contributed by atoms with Gasteiger partial charge in [0, 0.05) is 16.5 Å². The molecule has 0 aromatic carbocycles. The van der Waals surface area contributed by atoms with Crippen molar-refractivity contribution in [3.63, 3.8) is 0 Å². The first-order valence-electron chi connectivity index (χ1n) is 7.91. The molecular weight excluding hydrogens is 370 g/mol. The Morgan fingerprint density at radius 1 is 1.23 bits per heavy atom. The molecule has 0 bridgehead atoms. The summed E-state index contributed by atoms with van der Waals surface area (Å²) in [5.41, 5.74) is 1.46. The Bertz CT molecular complexity index is 863. The Hall–Kier alpha value is -2.58. The molecule has 3 heterocycles. The van der Waals surface area contributed by atoms with Crippen molar-refractivity contribution in [2.75, 3.05) is 7.11 Å². The number of hydrogen-bond donors (Lipinski definition) is 1. The molecule has 0 saturated heterocycles. The van der Waals surface area contributed by atoms with E-state index in [1.807, 2.05) is 41.1 Å². The number of rotatable bonds is 7. The third-order valence-corrected chi connectivity index (χ3v) is 5.50. The maximum Gasteiger partial charge on any atom is 0.307 e. The van der Waals surface area contributed by atoms with Gasteiger partial charge in [-0.15, -0.1) is 22.7 Å². The molecule has 0 saturated carbocycles. The molecule has 0 aliphatic heterocycles. The molecule has 1 unspecified atom stereocenters.